The van der Waals surface area contributed by atoms with Gasteiger partial charge in [0.05, 0.1) is 13.2 Å². The van der Waals surface area contributed by atoms with Gasteiger partial charge in [-0.15, -0.1) is 0 Å². The van der Waals surface area contributed by atoms with E-state index in [1.807, 2.05) is 6.92 Å². The minimum absolute atomic E-state index is 0.623. The lowest BCUT2D eigenvalue weighted by molar-refractivity contribution is 0.151. The maximum absolute atomic E-state index is 5.28. The van der Waals surface area contributed by atoms with Crippen molar-refractivity contribution >= 4 is 28.4 Å². The second-order valence-electron chi connectivity index (χ2n) is 2.14. The highest BCUT2D eigenvalue weighted by atomic mass is 32.2. The van der Waals surface area contributed by atoms with Gasteiger partial charge in [0.1, 0.15) is 0 Å². The summed E-state index contributed by atoms with van der Waals surface area (Å²) in [6.45, 7) is 6.27. The molecule has 12 heavy (non-hydrogen) atoms. The molecular weight excluding hydrogens is 192 g/mol. The molecule has 0 N–H and O–H groups in total. The Kier molecular flexibility index (Phi) is 9.44. The van der Waals surface area contributed by atoms with Crippen molar-refractivity contribution in [2.45, 2.75) is 20.3 Å². The van der Waals surface area contributed by atoms with Crippen LogP contribution in [0.2, 0.25) is 0 Å². The molecular formula is C8H16O2S2. The summed E-state index contributed by atoms with van der Waals surface area (Å²) in [5, 5.41) is 0. The van der Waals surface area contributed by atoms with E-state index < -0.39 is 0 Å². The van der Waals surface area contributed by atoms with Gasteiger partial charge >= 0.3 is 0 Å². The summed E-state index contributed by atoms with van der Waals surface area (Å²) < 4.78 is 11.0. The molecule has 0 heterocycles. The maximum atomic E-state index is 5.28. The lowest BCUT2D eigenvalue weighted by atomic mass is 10.5. The van der Waals surface area contributed by atoms with Crippen LogP contribution in [0.25, 0.3) is 0 Å². The summed E-state index contributed by atoms with van der Waals surface area (Å²) in [5.74, 6) is 0.888. The molecule has 0 atom stereocenters. The smallest absolute Gasteiger partial charge is 0.220 e. The van der Waals surface area contributed by atoms with Gasteiger partial charge in [-0.05, 0) is 25.6 Å². The van der Waals surface area contributed by atoms with Gasteiger partial charge in [-0.1, -0.05) is 18.7 Å². The van der Waals surface area contributed by atoms with Gasteiger partial charge in [-0.2, -0.15) is 0 Å². The first-order chi connectivity index (χ1) is 5.81. The van der Waals surface area contributed by atoms with E-state index in [0.717, 1.165) is 25.4 Å². The van der Waals surface area contributed by atoms with Gasteiger partial charge in [0.2, 0.25) is 4.38 Å². The minimum atomic E-state index is 0.623. The topological polar surface area (TPSA) is 18.5 Å². The summed E-state index contributed by atoms with van der Waals surface area (Å²) in [7, 11) is 0. The third-order valence-electron chi connectivity index (χ3n) is 1.06. The molecule has 0 fully saturated rings. The largest absolute Gasteiger partial charge is 0.479 e. The van der Waals surface area contributed by atoms with E-state index in [4.69, 9.17) is 21.7 Å². The van der Waals surface area contributed by atoms with Gasteiger partial charge in [0, 0.05) is 12.4 Å². The molecule has 0 aromatic carbocycles. The molecule has 0 bridgehead atoms. The van der Waals surface area contributed by atoms with Crippen molar-refractivity contribution in [3.63, 3.8) is 0 Å². The Balaban J connectivity index is 3.03. The zero-order valence-corrected chi connectivity index (χ0v) is 9.30. The van der Waals surface area contributed by atoms with Gasteiger partial charge < -0.3 is 9.47 Å². The summed E-state index contributed by atoms with van der Waals surface area (Å²) in [6.07, 6.45) is 1.07. The third kappa shape index (κ3) is 8.30. The van der Waals surface area contributed by atoms with Crippen molar-refractivity contribution in [3.05, 3.63) is 0 Å². The monoisotopic (exact) mass is 208 g/mol. The molecule has 2 nitrogen and oxygen atoms in total. The van der Waals surface area contributed by atoms with E-state index in [1.165, 1.54) is 11.8 Å². The Morgan fingerprint density at radius 2 is 2.08 bits per heavy atom. The molecule has 0 saturated carbocycles. The number of ether oxygens (including phenoxy) is 2. The molecule has 0 rings (SSSR count). The van der Waals surface area contributed by atoms with Crippen molar-refractivity contribution in [2.75, 3.05) is 25.6 Å². The van der Waals surface area contributed by atoms with E-state index in [-0.39, 0.29) is 0 Å². The zero-order valence-electron chi connectivity index (χ0n) is 7.67. The highest BCUT2D eigenvalue weighted by Crippen LogP contribution is 2.05. The van der Waals surface area contributed by atoms with Crippen LogP contribution in [-0.2, 0) is 9.47 Å². The molecule has 0 amide bonds. The van der Waals surface area contributed by atoms with Crippen LogP contribution in [0.3, 0.4) is 0 Å². The van der Waals surface area contributed by atoms with Crippen molar-refractivity contribution < 1.29 is 9.47 Å². The highest BCUT2D eigenvalue weighted by molar-refractivity contribution is 8.22. The summed E-state index contributed by atoms with van der Waals surface area (Å²) in [5.41, 5.74) is 0. The summed E-state index contributed by atoms with van der Waals surface area (Å²) in [6, 6.07) is 0. The van der Waals surface area contributed by atoms with E-state index >= 15 is 0 Å². The predicted molar refractivity (Wildman–Crippen MR) is 57.8 cm³/mol. The first-order valence-corrected chi connectivity index (χ1v) is 5.58. The molecule has 0 aliphatic carbocycles. The molecule has 0 unspecified atom stereocenters. The second kappa shape index (κ2) is 9.29. The van der Waals surface area contributed by atoms with E-state index in [2.05, 4.69) is 6.92 Å². The van der Waals surface area contributed by atoms with Crippen molar-refractivity contribution in [1.29, 1.82) is 0 Å². The average molecular weight is 208 g/mol. The molecule has 72 valence electrons. The molecule has 0 spiro atoms. The molecule has 0 aromatic heterocycles. The molecule has 0 radical (unpaired) electrons. The maximum Gasteiger partial charge on any atom is 0.220 e. The zero-order chi connectivity index (χ0) is 9.23. The van der Waals surface area contributed by atoms with Crippen LogP contribution in [-0.4, -0.2) is 30.0 Å². The van der Waals surface area contributed by atoms with Crippen LogP contribution in [0.5, 0.6) is 0 Å². The molecule has 0 aliphatic rings. The van der Waals surface area contributed by atoms with Crippen LogP contribution < -0.4 is 0 Å². The fraction of sp³-hybridized carbons (Fsp3) is 0.875. The van der Waals surface area contributed by atoms with Crippen LogP contribution >= 0.6 is 24.0 Å². The second-order valence-corrected chi connectivity index (χ2v) is 3.84. The number of rotatable bonds is 6. The fourth-order valence-electron chi connectivity index (χ4n) is 0.590. The van der Waals surface area contributed by atoms with Crippen LogP contribution in [0, 0.1) is 0 Å². The predicted octanol–water partition coefficient (Wildman–Crippen LogP) is 2.47. The van der Waals surface area contributed by atoms with E-state index in [9.17, 15) is 0 Å². The van der Waals surface area contributed by atoms with Crippen LogP contribution in [0.1, 0.15) is 20.3 Å². The Labute approximate surface area is 84.0 Å². The number of thiocarbonyl (C=S) groups is 1. The fourth-order valence-corrected chi connectivity index (χ4v) is 1.53. The van der Waals surface area contributed by atoms with Gasteiger partial charge in [0.25, 0.3) is 0 Å². The first-order valence-electron chi connectivity index (χ1n) is 4.18. The third-order valence-corrected chi connectivity index (χ3v) is 2.25. The summed E-state index contributed by atoms with van der Waals surface area (Å²) >= 11 is 6.45. The molecule has 0 saturated heterocycles. The number of thioether (sulfide) groups is 1. The Hall–Kier alpha value is 0.200. The Morgan fingerprint density at radius 1 is 1.33 bits per heavy atom. The normalized spacial score (nSPS) is 9.83. The van der Waals surface area contributed by atoms with Gasteiger partial charge in [-0.25, -0.2) is 0 Å². The SMILES string of the molecule is CCCOCCSC(=S)OCC. The van der Waals surface area contributed by atoms with Crippen LogP contribution in [0.4, 0.5) is 0 Å². The average Bonchev–Trinajstić information content (AvgIpc) is 2.05. The number of hydrogen-bond donors (Lipinski definition) is 0. The Bertz CT molecular complexity index is 118. The van der Waals surface area contributed by atoms with Crippen molar-refractivity contribution in [3.8, 4) is 0 Å². The van der Waals surface area contributed by atoms with Crippen molar-refractivity contribution in [1.82, 2.24) is 0 Å². The van der Waals surface area contributed by atoms with Gasteiger partial charge in [0.15, 0.2) is 0 Å². The standard InChI is InChI=1S/C8H16O2S2/c1-3-5-9-6-7-12-8(11)10-4-2/h3-7H2,1-2H3. The first kappa shape index (κ1) is 12.2. The number of hydrogen-bond acceptors (Lipinski definition) is 4. The van der Waals surface area contributed by atoms with E-state index in [0.29, 0.717) is 11.0 Å². The van der Waals surface area contributed by atoms with Gasteiger partial charge in [-0.3, -0.25) is 0 Å². The lowest BCUT2D eigenvalue weighted by Crippen LogP contribution is -2.02. The van der Waals surface area contributed by atoms with E-state index in [1.54, 1.807) is 0 Å². The Morgan fingerprint density at radius 3 is 2.67 bits per heavy atom. The van der Waals surface area contributed by atoms with Crippen LogP contribution in [0.15, 0.2) is 0 Å². The molecule has 0 aromatic rings. The summed E-state index contributed by atoms with van der Waals surface area (Å²) in [4.78, 5) is 0. The lowest BCUT2D eigenvalue weighted by Gasteiger charge is -2.04. The molecule has 4 heteroatoms. The quantitative estimate of drug-likeness (QED) is 0.493. The van der Waals surface area contributed by atoms with Crippen molar-refractivity contribution in [2.24, 2.45) is 0 Å². The minimum Gasteiger partial charge on any atom is -0.479 e. The highest BCUT2D eigenvalue weighted by Gasteiger charge is 1.96. The molecule has 0 aliphatic heterocycles.